The first-order valence-corrected chi connectivity index (χ1v) is 8.09. The molecule has 3 aromatic rings. The third-order valence-electron chi connectivity index (χ3n) is 2.79. The zero-order valence-corrected chi connectivity index (χ0v) is 14.2. The van der Waals surface area contributed by atoms with Crippen LogP contribution < -0.4 is 5.32 Å². The van der Waals surface area contributed by atoms with Gasteiger partial charge in [-0.3, -0.25) is 0 Å². The highest BCUT2D eigenvalue weighted by Crippen LogP contribution is 2.38. The highest BCUT2D eigenvalue weighted by atomic mass is 79.9. The van der Waals surface area contributed by atoms with Gasteiger partial charge in [0, 0.05) is 18.0 Å². The van der Waals surface area contributed by atoms with E-state index in [1.807, 2.05) is 6.07 Å². The van der Waals surface area contributed by atoms with Crippen LogP contribution in [-0.4, -0.2) is 17.0 Å². The maximum Gasteiger partial charge on any atom is 0.164 e. The molecule has 102 valence electrons. The molecule has 0 saturated heterocycles. The molecule has 0 aliphatic heterocycles. The lowest BCUT2D eigenvalue weighted by Gasteiger charge is -2.07. The number of thiophene rings is 1. The number of fused-ring (bicyclic) bond motifs is 1. The molecule has 3 rings (SSSR count). The lowest BCUT2D eigenvalue weighted by atomic mass is 10.2. The van der Waals surface area contributed by atoms with Gasteiger partial charge < -0.3 is 5.32 Å². The van der Waals surface area contributed by atoms with Crippen LogP contribution in [0.5, 0.6) is 0 Å². The first-order chi connectivity index (χ1) is 9.58. The van der Waals surface area contributed by atoms with Gasteiger partial charge in [0.15, 0.2) is 5.82 Å². The first kappa shape index (κ1) is 13.9. The zero-order valence-electron chi connectivity index (χ0n) is 10.2. The Balaban J connectivity index is 2.28. The second kappa shape index (κ2) is 5.38. The SMILES string of the molecule is CNc1nc(-c2cc(Br)sc2Br)nc2ccc(F)cc12. The van der Waals surface area contributed by atoms with Gasteiger partial charge in [-0.25, -0.2) is 14.4 Å². The van der Waals surface area contributed by atoms with Crippen LogP contribution in [0.3, 0.4) is 0 Å². The minimum Gasteiger partial charge on any atom is -0.373 e. The van der Waals surface area contributed by atoms with Crippen LogP contribution >= 0.6 is 43.2 Å². The lowest BCUT2D eigenvalue weighted by molar-refractivity contribution is 0.629. The molecule has 0 fully saturated rings. The molecule has 1 N–H and O–H groups in total. The van der Waals surface area contributed by atoms with E-state index in [0.717, 1.165) is 13.1 Å². The summed E-state index contributed by atoms with van der Waals surface area (Å²) in [5.41, 5.74) is 1.61. The Labute approximate surface area is 135 Å². The molecule has 0 unspecified atom stereocenters. The van der Waals surface area contributed by atoms with E-state index in [9.17, 15) is 4.39 Å². The van der Waals surface area contributed by atoms with Crippen LogP contribution in [0.4, 0.5) is 10.2 Å². The molecule has 0 saturated carbocycles. The van der Waals surface area contributed by atoms with Gasteiger partial charge in [-0.05, 0) is 56.1 Å². The van der Waals surface area contributed by atoms with E-state index >= 15 is 0 Å². The molecule has 0 bridgehead atoms. The summed E-state index contributed by atoms with van der Waals surface area (Å²) < 4.78 is 15.3. The molecule has 0 atom stereocenters. The van der Waals surface area contributed by atoms with Crippen molar-refractivity contribution in [3.8, 4) is 11.4 Å². The molecular formula is C13H8Br2FN3S. The van der Waals surface area contributed by atoms with Crippen molar-refractivity contribution in [1.82, 2.24) is 9.97 Å². The predicted molar refractivity (Wildman–Crippen MR) is 87.8 cm³/mol. The molecule has 1 aromatic carbocycles. The van der Waals surface area contributed by atoms with Crippen molar-refractivity contribution in [2.75, 3.05) is 12.4 Å². The van der Waals surface area contributed by atoms with Gasteiger partial charge in [0.25, 0.3) is 0 Å². The molecule has 2 heterocycles. The summed E-state index contributed by atoms with van der Waals surface area (Å²) >= 11 is 8.51. The number of rotatable bonds is 2. The highest BCUT2D eigenvalue weighted by molar-refractivity contribution is 9.12. The average molecular weight is 417 g/mol. The van der Waals surface area contributed by atoms with E-state index in [-0.39, 0.29) is 5.82 Å². The van der Waals surface area contributed by atoms with Gasteiger partial charge in [0.1, 0.15) is 11.6 Å². The Hall–Kier alpha value is -1.05. The fraction of sp³-hybridized carbons (Fsp3) is 0.0769. The fourth-order valence-corrected chi connectivity index (χ4v) is 4.69. The minimum absolute atomic E-state index is 0.301. The minimum atomic E-state index is -0.301. The van der Waals surface area contributed by atoms with Gasteiger partial charge in [0.2, 0.25) is 0 Å². The van der Waals surface area contributed by atoms with Crippen LogP contribution in [0.15, 0.2) is 31.8 Å². The van der Waals surface area contributed by atoms with Gasteiger partial charge >= 0.3 is 0 Å². The number of nitrogens with one attached hydrogen (secondary N) is 1. The van der Waals surface area contributed by atoms with Crippen LogP contribution in [-0.2, 0) is 0 Å². The Morgan fingerprint density at radius 3 is 2.65 bits per heavy atom. The van der Waals surface area contributed by atoms with Crippen LogP contribution in [0.2, 0.25) is 0 Å². The van der Waals surface area contributed by atoms with E-state index in [1.165, 1.54) is 12.1 Å². The van der Waals surface area contributed by atoms with Gasteiger partial charge in [-0.1, -0.05) is 0 Å². The maximum atomic E-state index is 13.3. The van der Waals surface area contributed by atoms with Crippen LogP contribution in [0.25, 0.3) is 22.3 Å². The van der Waals surface area contributed by atoms with E-state index < -0.39 is 0 Å². The molecule has 0 aliphatic carbocycles. The van der Waals surface area contributed by atoms with Crippen molar-refractivity contribution in [2.24, 2.45) is 0 Å². The van der Waals surface area contributed by atoms with E-state index in [0.29, 0.717) is 22.5 Å². The Kier molecular flexibility index (Phi) is 3.74. The van der Waals surface area contributed by atoms with Crippen molar-refractivity contribution < 1.29 is 4.39 Å². The highest BCUT2D eigenvalue weighted by Gasteiger charge is 2.14. The number of anilines is 1. The number of halogens is 3. The summed E-state index contributed by atoms with van der Waals surface area (Å²) in [4.78, 5) is 8.98. The predicted octanol–water partition coefficient (Wildman–Crippen LogP) is 5.06. The third kappa shape index (κ3) is 2.45. The number of hydrogen-bond acceptors (Lipinski definition) is 4. The molecule has 20 heavy (non-hydrogen) atoms. The average Bonchev–Trinajstić information content (AvgIpc) is 2.76. The third-order valence-corrected chi connectivity index (χ3v) is 5.13. The quantitative estimate of drug-likeness (QED) is 0.634. The summed E-state index contributed by atoms with van der Waals surface area (Å²) in [6.07, 6.45) is 0. The Bertz CT molecular complexity index is 804. The fourth-order valence-electron chi connectivity index (χ4n) is 1.90. The molecule has 3 nitrogen and oxygen atoms in total. The summed E-state index contributed by atoms with van der Waals surface area (Å²) in [5.74, 6) is 0.908. The van der Waals surface area contributed by atoms with Gasteiger partial charge in [-0.15, -0.1) is 11.3 Å². The Morgan fingerprint density at radius 1 is 1.20 bits per heavy atom. The van der Waals surface area contributed by atoms with Crippen LogP contribution in [0, 0.1) is 5.82 Å². The molecule has 2 aromatic heterocycles. The lowest BCUT2D eigenvalue weighted by Crippen LogP contribution is -1.98. The molecular weight excluding hydrogens is 409 g/mol. The first-order valence-electron chi connectivity index (χ1n) is 5.69. The van der Waals surface area contributed by atoms with Crippen molar-refractivity contribution >= 4 is 59.9 Å². The monoisotopic (exact) mass is 415 g/mol. The smallest absolute Gasteiger partial charge is 0.164 e. The molecule has 0 amide bonds. The second-order valence-electron chi connectivity index (χ2n) is 4.05. The molecule has 0 spiro atoms. The molecule has 0 aliphatic rings. The van der Waals surface area contributed by atoms with Crippen molar-refractivity contribution in [2.45, 2.75) is 0 Å². The number of nitrogens with zero attached hydrogens (tertiary/aromatic N) is 2. The topological polar surface area (TPSA) is 37.8 Å². The normalized spacial score (nSPS) is 11.0. The van der Waals surface area contributed by atoms with Crippen LogP contribution in [0.1, 0.15) is 0 Å². The summed E-state index contributed by atoms with van der Waals surface area (Å²) in [7, 11) is 1.76. The van der Waals surface area contributed by atoms with Gasteiger partial charge in [-0.2, -0.15) is 0 Å². The van der Waals surface area contributed by atoms with Crippen molar-refractivity contribution in [1.29, 1.82) is 0 Å². The summed E-state index contributed by atoms with van der Waals surface area (Å²) in [6, 6.07) is 6.45. The molecule has 7 heteroatoms. The number of aromatic nitrogens is 2. The number of hydrogen-bond donors (Lipinski definition) is 1. The Morgan fingerprint density at radius 2 is 2.00 bits per heavy atom. The largest absolute Gasteiger partial charge is 0.373 e. The van der Waals surface area contributed by atoms with Gasteiger partial charge in [0.05, 0.1) is 13.1 Å². The van der Waals surface area contributed by atoms with E-state index in [2.05, 4.69) is 47.1 Å². The number of benzene rings is 1. The maximum absolute atomic E-state index is 13.3. The van der Waals surface area contributed by atoms with Crippen molar-refractivity contribution in [3.05, 3.63) is 37.7 Å². The van der Waals surface area contributed by atoms with E-state index in [4.69, 9.17) is 0 Å². The standard InChI is InChI=1S/C13H8Br2FN3S/c1-17-12-7-4-6(16)2-3-9(7)18-13(19-12)8-5-10(14)20-11(8)15/h2-5H,1H3,(H,17,18,19). The summed E-state index contributed by atoms with van der Waals surface area (Å²) in [5, 5.41) is 3.66. The van der Waals surface area contributed by atoms with E-state index in [1.54, 1.807) is 24.5 Å². The second-order valence-corrected chi connectivity index (χ2v) is 7.79. The summed E-state index contributed by atoms with van der Waals surface area (Å²) in [6.45, 7) is 0. The molecule has 0 radical (unpaired) electrons. The van der Waals surface area contributed by atoms with Crippen molar-refractivity contribution in [3.63, 3.8) is 0 Å². The zero-order chi connectivity index (χ0) is 14.3.